The maximum atomic E-state index is 12.1. The van der Waals surface area contributed by atoms with Crippen LogP contribution >= 0.6 is 0 Å². The molecule has 5 nitrogen and oxygen atoms in total. The number of sulfonamides is 1. The third kappa shape index (κ3) is 4.08. The van der Waals surface area contributed by atoms with Crippen molar-refractivity contribution in [3.63, 3.8) is 0 Å². The van der Waals surface area contributed by atoms with Crippen LogP contribution in [0, 0.1) is 0 Å². The molecule has 2 rings (SSSR count). The first-order valence-electron chi connectivity index (χ1n) is 7.80. The molecule has 1 atom stereocenters. The van der Waals surface area contributed by atoms with Crippen LogP contribution in [0.15, 0.2) is 24.3 Å². The Morgan fingerprint density at radius 2 is 1.86 bits per heavy atom. The molecule has 6 heteroatoms. The highest BCUT2D eigenvalue weighted by Gasteiger charge is 2.25. The van der Waals surface area contributed by atoms with Crippen molar-refractivity contribution in [2.75, 3.05) is 18.8 Å². The number of amides is 1. The summed E-state index contributed by atoms with van der Waals surface area (Å²) in [7, 11) is -3.51. The molecule has 0 aliphatic heterocycles. The zero-order chi connectivity index (χ0) is 16.2. The summed E-state index contributed by atoms with van der Waals surface area (Å²) in [6, 6.07) is 8.22. The molecule has 1 aliphatic rings. The van der Waals surface area contributed by atoms with Gasteiger partial charge in [-0.15, -0.1) is 0 Å². The molecule has 1 N–H and O–H groups in total. The second kappa shape index (κ2) is 7.24. The van der Waals surface area contributed by atoms with Gasteiger partial charge in [0.25, 0.3) is 0 Å². The van der Waals surface area contributed by atoms with Crippen LogP contribution in [0.25, 0.3) is 0 Å². The molecule has 0 radical (unpaired) electrons. The van der Waals surface area contributed by atoms with Crippen LogP contribution in [0.3, 0.4) is 0 Å². The van der Waals surface area contributed by atoms with E-state index in [-0.39, 0.29) is 6.04 Å². The van der Waals surface area contributed by atoms with Gasteiger partial charge in [-0.05, 0) is 30.4 Å². The average molecular weight is 324 g/mol. The van der Waals surface area contributed by atoms with Gasteiger partial charge in [0.05, 0.1) is 0 Å². The summed E-state index contributed by atoms with van der Waals surface area (Å²) in [5.41, 5.74) is 2.56. The smallest absolute Gasteiger partial charge is 0.236 e. The predicted octanol–water partition coefficient (Wildman–Crippen LogP) is 1.33. The van der Waals surface area contributed by atoms with E-state index < -0.39 is 21.7 Å². The summed E-state index contributed by atoms with van der Waals surface area (Å²) in [4.78, 5) is 12.1. The molecule has 1 amide bonds. The molecule has 0 heterocycles. The molecular weight excluding hydrogens is 300 g/mol. The largest absolute Gasteiger partial charge is 0.352 e. The minimum Gasteiger partial charge on any atom is -0.352 e. The molecule has 122 valence electrons. The van der Waals surface area contributed by atoms with Crippen molar-refractivity contribution in [1.82, 2.24) is 9.62 Å². The third-order valence-corrected chi connectivity index (χ3v) is 6.05. The number of hydrogen-bond acceptors (Lipinski definition) is 3. The average Bonchev–Trinajstić information content (AvgIpc) is 2.47. The van der Waals surface area contributed by atoms with Crippen LogP contribution in [0.2, 0.25) is 0 Å². The van der Waals surface area contributed by atoms with Crippen LogP contribution in [-0.4, -0.2) is 43.5 Å². The normalized spacial score (nSPS) is 18.0. The van der Waals surface area contributed by atoms with E-state index in [0.29, 0.717) is 13.1 Å². The van der Waals surface area contributed by atoms with Crippen LogP contribution < -0.4 is 5.32 Å². The highest BCUT2D eigenvalue weighted by molar-refractivity contribution is 7.89. The number of nitrogens with zero attached hydrogens (tertiary/aromatic N) is 1. The molecule has 0 saturated carbocycles. The van der Waals surface area contributed by atoms with Gasteiger partial charge >= 0.3 is 0 Å². The SMILES string of the molecule is CCN(CC)S(=O)(=O)CC(=O)NC1CCc2ccccc2C1. The van der Waals surface area contributed by atoms with E-state index in [0.717, 1.165) is 19.3 Å². The summed E-state index contributed by atoms with van der Waals surface area (Å²) in [5, 5.41) is 2.87. The molecule has 1 aromatic rings. The quantitative estimate of drug-likeness (QED) is 0.858. The highest BCUT2D eigenvalue weighted by atomic mass is 32.2. The number of carbonyl (C=O) groups is 1. The fourth-order valence-electron chi connectivity index (χ4n) is 2.96. The number of aryl methyl sites for hydroxylation is 1. The van der Waals surface area contributed by atoms with Crippen molar-refractivity contribution >= 4 is 15.9 Å². The van der Waals surface area contributed by atoms with Gasteiger partial charge in [0, 0.05) is 19.1 Å². The minimum absolute atomic E-state index is 0.0225. The standard InChI is InChI=1S/C16H24N2O3S/c1-3-18(4-2)22(20,21)12-16(19)17-15-10-9-13-7-5-6-8-14(13)11-15/h5-8,15H,3-4,9-12H2,1-2H3,(H,17,19). The number of rotatable bonds is 6. The first kappa shape index (κ1) is 17.0. The van der Waals surface area contributed by atoms with Crippen molar-refractivity contribution in [1.29, 1.82) is 0 Å². The van der Waals surface area contributed by atoms with Crippen LogP contribution in [0.4, 0.5) is 0 Å². The van der Waals surface area contributed by atoms with Crippen molar-refractivity contribution in [2.24, 2.45) is 0 Å². The molecule has 1 aromatic carbocycles. The van der Waals surface area contributed by atoms with Crippen molar-refractivity contribution in [2.45, 2.75) is 39.2 Å². The summed E-state index contributed by atoms with van der Waals surface area (Å²) < 4.78 is 25.5. The van der Waals surface area contributed by atoms with Crippen molar-refractivity contribution < 1.29 is 13.2 Å². The van der Waals surface area contributed by atoms with E-state index in [1.54, 1.807) is 13.8 Å². The van der Waals surface area contributed by atoms with E-state index in [4.69, 9.17) is 0 Å². The van der Waals surface area contributed by atoms with Gasteiger partial charge in [-0.1, -0.05) is 38.1 Å². The molecule has 0 fully saturated rings. The lowest BCUT2D eigenvalue weighted by Gasteiger charge is -2.26. The molecule has 1 unspecified atom stereocenters. The monoisotopic (exact) mass is 324 g/mol. The predicted molar refractivity (Wildman–Crippen MR) is 87.1 cm³/mol. The van der Waals surface area contributed by atoms with E-state index in [2.05, 4.69) is 17.4 Å². The summed E-state index contributed by atoms with van der Waals surface area (Å²) in [5.74, 6) is -0.872. The number of benzene rings is 1. The van der Waals surface area contributed by atoms with Crippen LogP contribution in [-0.2, 0) is 27.7 Å². The van der Waals surface area contributed by atoms with E-state index in [1.165, 1.54) is 15.4 Å². The Morgan fingerprint density at radius 1 is 1.23 bits per heavy atom. The molecule has 0 saturated heterocycles. The maximum Gasteiger partial charge on any atom is 0.236 e. The molecule has 0 bridgehead atoms. The highest BCUT2D eigenvalue weighted by Crippen LogP contribution is 2.21. The topological polar surface area (TPSA) is 66.5 Å². The van der Waals surface area contributed by atoms with Crippen LogP contribution in [0.1, 0.15) is 31.4 Å². The Bertz CT molecular complexity index is 624. The van der Waals surface area contributed by atoms with Gasteiger partial charge in [0.2, 0.25) is 15.9 Å². The Labute approximate surface area is 132 Å². The number of fused-ring (bicyclic) bond motifs is 1. The lowest BCUT2D eigenvalue weighted by atomic mass is 9.88. The van der Waals surface area contributed by atoms with Gasteiger partial charge < -0.3 is 5.32 Å². The van der Waals surface area contributed by atoms with E-state index in [1.807, 2.05) is 12.1 Å². The zero-order valence-electron chi connectivity index (χ0n) is 13.2. The summed E-state index contributed by atoms with van der Waals surface area (Å²) in [6.45, 7) is 4.33. The second-order valence-electron chi connectivity index (χ2n) is 5.62. The summed E-state index contributed by atoms with van der Waals surface area (Å²) in [6.07, 6.45) is 2.55. The van der Waals surface area contributed by atoms with Gasteiger partial charge in [-0.2, -0.15) is 0 Å². The fraction of sp³-hybridized carbons (Fsp3) is 0.562. The first-order chi connectivity index (χ1) is 10.5. The molecule has 22 heavy (non-hydrogen) atoms. The maximum absolute atomic E-state index is 12.1. The van der Waals surface area contributed by atoms with Gasteiger partial charge in [0.1, 0.15) is 5.75 Å². The number of nitrogens with one attached hydrogen (secondary N) is 1. The van der Waals surface area contributed by atoms with Crippen molar-refractivity contribution in [3.8, 4) is 0 Å². The van der Waals surface area contributed by atoms with Gasteiger partial charge in [0.15, 0.2) is 0 Å². The Kier molecular flexibility index (Phi) is 5.58. The fourth-order valence-corrected chi connectivity index (χ4v) is 4.35. The van der Waals surface area contributed by atoms with Crippen LogP contribution in [0.5, 0.6) is 0 Å². The lowest BCUT2D eigenvalue weighted by molar-refractivity contribution is -0.119. The first-order valence-corrected chi connectivity index (χ1v) is 9.41. The minimum atomic E-state index is -3.51. The molecule has 1 aliphatic carbocycles. The Hall–Kier alpha value is -1.40. The van der Waals surface area contributed by atoms with E-state index >= 15 is 0 Å². The third-order valence-electron chi connectivity index (χ3n) is 4.12. The number of hydrogen-bond donors (Lipinski definition) is 1. The van der Waals surface area contributed by atoms with Gasteiger partial charge in [-0.25, -0.2) is 12.7 Å². The number of carbonyl (C=O) groups excluding carboxylic acids is 1. The molecular formula is C16H24N2O3S. The molecule has 0 aromatic heterocycles. The second-order valence-corrected chi connectivity index (χ2v) is 7.59. The van der Waals surface area contributed by atoms with Crippen molar-refractivity contribution in [3.05, 3.63) is 35.4 Å². The lowest BCUT2D eigenvalue weighted by Crippen LogP contribution is -2.44. The zero-order valence-corrected chi connectivity index (χ0v) is 14.0. The molecule has 0 spiro atoms. The Morgan fingerprint density at radius 3 is 2.50 bits per heavy atom. The summed E-state index contributed by atoms with van der Waals surface area (Å²) >= 11 is 0. The van der Waals surface area contributed by atoms with E-state index in [9.17, 15) is 13.2 Å². The van der Waals surface area contributed by atoms with Gasteiger partial charge in [-0.3, -0.25) is 4.79 Å². The Balaban J connectivity index is 1.94.